The average molecular weight is 298 g/mol. The van der Waals surface area contributed by atoms with Crippen LogP contribution in [0.5, 0.6) is 0 Å². The van der Waals surface area contributed by atoms with Crippen molar-refractivity contribution in [2.45, 2.75) is 48.0 Å². The highest BCUT2D eigenvalue weighted by Gasteiger charge is 2.36. The minimum Gasteiger partial charge on any atom is -0.431 e. The molecule has 0 N–H and O–H groups in total. The molecule has 5 nitrogen and oxygen atoms in total. The molecule has 3 aromatic rings. The Kier molecular flexibility index (Phi) is 2.44. The van der Waals surface area contributed by atoms with Crippen molar-refractivity contribution < 1.29 is 4.42 Å². The zero-order valence-electron chi connectivity index (χ0n) is 11.4. The van der Waals surface area contributed by atoms with Gasteiger partial charge in [-0.25, -0.2) is 4.98 Å². The van der Waals surface area contributed by atoms with E-state index in [-0.39, 0.29) is 0 Å². The van der Waals surface area contributed by atoms with Crippen LogP contribution in [0.15, 0.2) is 39.1 Å². The summed E-state index contributed by atoms with van der Waals surface area (Å²) in [5.41, 5.74) is 1.71. The maximum Gasteiger partial charge on any atom is 0.264 e. The number of oxazole rings is 1. The highest BCUT2D eigenvalue weighted by molar-refractivity contribution is 7.99. The fourth-order valence-corrected chi connectivity index (χ4v) is 3.48. The Balaban J connectivity index is 1.52. The molecule has 0 spiro atoms. The van der Waals surface area contributed by atoms with Crippen LogP contribution in [0.25, 0.3) is 11.1 Å². The molecular weight excluding hydrogens is 284 g/mol. The second-order valence-corrected chi connectivity index (χ2v) is 6.68. The van der Waals surface area contributed by atoms with Crippen LogP contribution in [0.4, 0.5) is 0 Å². The zero-order chi connectivity index (χ0) is 13.8. The normalized spacial score (nSPS) is 18.5. The summed E-state index contributed by atoms with van der Waals surface area (Å²) >= 11 is 1.49. The van der Waals surface area contributed by atoms with Crippen LogP contribution in [-0.4, -0.2) is 19.7 Å². The molecule has 0 amide bonds. The first-order chi connectivity index (χ1) is 10.4. The van der Waals surface area contributed by atoms with Gasteiger partial charge in [0.1, 0.15) is 11.3 Å². The van der Waals surface area contributed by atoms with Crippen LogP contribution >= 0.6 is 11.8 Å². The summed E-state index contributed by atoms with van der Waals surface area (Å²) < 4.78 is 8.10. The number of aromatic nitrogens is 4. The van der Waals surface area contributed by atoms with Gasteiger partial charge in [0.15, 0.2) is 5.58 Å². The molecule has 2 saturated carbocycles. The largest absolute Gasteiger partial charge is 0.431 e. The number of rotatable bonds is 4. The van der Waals surface area contributed by atoms with E-state index in [9.17, 15) is 0 Å². The lowest BCUT2D eigenvalue weighted by Crippen LogP contribution is -2.01. The summed E-state index contributed by atoms with van der Waals surface area (Å²) in [6.07, 6.45) is 4.97. The van der Waals surface area contributed by atoms with Crippen LogP contribution in [0.1, 0.15) is 43.5 Å². The molecule has 21 heavy (non-hydrogen) atoms. The molecule has 2 aliphatic carbocycles. The molecule has 2 fully saturated rings. The second kappa shape index (κ2) is 4.34. The number of fused-ring (bicyclic) bond motifs is 1. The van der Waals surface area contributed by atoms with Crippen molar-refractivity contribution in [3.8, 4) is 0 Å². The van der Waals surface area contributed by atoms with Gasteiger partial charge in [-0.1, -0.05) is 12.1 Å². The van der Waals surface area contributed by atoms with Crippen LogP contribution in [0, 0.1) is 0 Å². The summed E-state index contributed by atoms with van der Waals surface area (Å²) in [6, 6.07) is 8.41. The molecule has 0 bridgehead atoms. The molecule has 2 aromatic heterocycles. The van der Waals surface area contributed by atoms with Crippen molar-refractivity contribution in [1.82, 2.24) is 19.7 Å². The SMILES string of the molecule is c1ccc2oc(Sc3nnc(C4CC4)n3C3CC3)nc2c1. The Morgan fingerprint density at radius 3 is 2.71 bits per heavy atom. The quantitative estimate of drug-likeness (QED) is 0.733. The molecule has 0 saturated heterocycles. The van der Waals surface area contributed by atoms with Crippen molar-refractivity contribution in [3.63, 3.8) is 0 Å². The number of hydrogen-bond donors (Lipinski definition) is 0. The van der Waals surface area contributed by atoms with E-state index >= 15 is 0 Å². The smallest absolute Gasteiger partial charge is 0.264 e. The molecule has 0 unspecified atom stereocenters. The predicted molar refractivity (Wildman–Crippen MR) is 78.4 cm³/mol. The molecule has 2 heterocycles. The van der Waals surface area contributed by atoms with Crippen molar-refractivity contribution in [3.05, 3.63) is 30.1 Å². The Labute approximate surface area is 125 Å². The van der Waals surface area contributed by atoms with Gasteiger partial charge in [-0.05, 0) is 37.8 Å². The van der Waals surface area contributed by atoms with Gasteiger partial charge in [0.25, 0.3) is 5.22 Å². The first-order valence-corrected chi connectivity index (χ1v) is 8.18. The molecule has 2 aliphatic rings. The molecule has 0 atom stereocenters. The van der Waals surface area contributed by atoms with E-state index in [2.05, 4.69) is 19.7 Å². The van der Waals surface area contributed by atoms with Crippen LogP contribution in [0.3, 0.4) is 0 Å². The number of hydrogen-bond acceptors (Lipinski definition) is 5. The van der Waals surface area contributed by atoms with Crippen molar-refractivity contribution in [2.75, 3.05) is 0 Å². The van der Waals surface area contributed by atoms with E-state index in [1.807, 2.05) is 24.3 Å². The Bertz CT molecular complexity index is 783. The van der Waals surface area contributed by atoms with Gasteiger partial charge >= 0.3 is 0 Å². The molecule has 0 radical (unpaired) electrons. The third-order valence-electron chi connectivity index (χ3n) is 4.00. The predicted octanol–water partition coefficient (Wildman–Crippen LogP) is 3.78. The first-order valence-electron chi connectivity index (χ1n) is 7.37. The van der Waals surface area contributed by atoms with Crippen LogP contribution < -0.4 is 0 Å². The lowest BCUT2D eigenvalue weighted by Gasteiger charge is -2.06. The minimum absolute atomic E-state index is 0.586. The van der Waals surface area contributed by atoms with E-state index in [1.165, 1.54) is 37.4 Å². The Hall–Kier alpha value is -1.82. The fourth-order valence-electron chi connectivity index (χ4n) is 2.63. The maximum absolute atomic E-state index is 5.78. The number of para-hydroxylation sites is 2. The molecule has 106 valence electrons. The summed E-state index contributed by atoms with van der Waals surface area (Å²) in [6.45, 7) is 0. The van der Waals surface area contributed by atoms with Gasteiger partial charge in [0.2, 0.25) is 5.16 Å². The van der Waals surface area contributed by atoms with Gasteiger partial charge in [-0.15, -0.1) is 10.2 Å². The van der Waals surface area contributed by atoms with Gasteiger partial charge in [-0.3, -0.25) is 0 Å². The number of nitrogens with zero attached hydrogens (tertiary/aromatic N) is 4. The highest BCUT2D eigenvalue weighted by atomic mass is 32.2. The zero-order valence-corrected chi connectivity index (χ0v) is 12.2. The number of benzene rings is 1. The maximum atomic E-state index is 5.78. The molecule has 0 aliphatic heterocycles. The summed E-state index contributed by atoms with van der Waals surface area (Å²) in [7, 11) is 0. The Morgan fingerprint density at radius 1 is 1.10 bits per heavy atom. The van der Waals surface area contributed by atoms with Gasteiger partial charge in [0.05, 0.1) is 0 Å². The van der Waals surface area contributed by atoms with E-state index < -0.39 is 0 Å². The topological polar surface area (TPSA) is 56.7 Å². The van der Waals surface area contributed by atoms with E-state index in [1.54, 1.807) is 0 Å². The van der Waals surface area contributed by atoms with E-state index in [4.69, 9.17) is 4.42 Å². The van der Waals surface area contributed by atoms with Crippen LogP contribution in [-0.2, 0) is 0 Å². The van der Waals surface area contributed by atoms with Crippen molar-refractivity contribution >= 4 is 22.9 Å². The third kappa shape index (κ3) is 2.05. The average Bonchev–Trinajstić information content (AvgIpc) is 3.42. The van der Waals surface area contributed by atoms with Gasteiger partial charge in [-0.2, -0.15) is 0 Å². The van der Waals surface area contributed by atoms with Gasteiger partial charge in [0, 0.05) is 23.7 Å². The highest BCUT2D eigenvalue weighted by Crippen LogP contribution is 2.46. The fraction of sp³-hybridized carbons (Fsp3) is 0.400. The first kappa shape index (κ1) is 11.8. The molecule has 5 rings (SSSR count). The lowest BCUT2D eigenvalue weighted by molar-refractivity contribution is 0.487. The summed E-state index contributed by atoms with van der Waals surface area (Å²) in [4.78, 5) is 4.51. The molecule has 1 aromatic carbocycles. The molecular formula is C15H14N4OS. The lowest BCUT2D eigenvalue weighted by atomic mass is 10.3. The van der Waals surface area contributed by atoms with Crippen molar-refractivity contribution in [1.29, 1.82) is 0 Å². The van der Waals surface area contributed by atoms with E-state index in [0.717, 1.165) is 22.1 Å². The second-order valence-electron chi connectivity index (χ2n) is 5.77. The Morgan fingerprint density at radius 2 is 1.95 bits per heavy atom. The standard InChI is InChI=1S/C15H14N4OS/c1-2-4-12-11(3-1)16-15(20-12)21-14-18-17-13(9-5-6-9)19(14)10-7-8-10/h1-4,9-10H,5-8H2. The van der Waals surface area contributed by atoms with Crippen molar-refractivity contribution in [2.24, 2.45) is 0 Å². The van der Waals surface area contributed by atoms with Crippen LogP contribution in [0.2, 0.25) is 0 Å². The van der Waals surface area contributed by atoms with Gasteiger partial charge < -0.3 is 8.98 Å². The molecule has 6 heteroatoms. The summed E-state index contributed by atoms with van der Waals surface area (Å²) in [5.74, 6) is 1.78. The summed E-state index contributed by atoms with van der Waals surface area (Å²) in [5, 5.41) is 10.4. The third-order valence-corrected chi connectivity index (χ3v) is 4.81. The monoisotopic (exact) mass is 298 g/mol. The van der Waals surface area contributed by atoms with E-state index in [0.29, 0.717) is 17.2 Å². The minimum atomic E-state index is 0.586.